The number of nitrogens with zero attached hydrogens (tertiary/aromatic N) is 3. The molecule has 0 saturated carbocycles. The largest absolute Gasteiger partial charge is 0.379 e. The van der Waals surface area contributed by atoms with Crippen molar-refractivity contribution < 1.29 is 4.74 Å². The normalized spacial score (nSPS) is 19.2. The van der Waals surface area contributed by atoms with Crippen LogP contribution in [0.15, 0.2) is 29.3 Å². The summed E-state index contributed by atoms with van der Waals surface area (Å²) in [6, 6.07) is 9.26. The summed E-state index contributed by atoms with van der Waals surface area (Å²) < 4.78 is 5.41. The fraction of sp³-hybridized carbons (Fsp3) is 0.682. The lowest BCUT2D eigenvalue weighted by Crippen LogP contribution is -2.42. The van der Waals surface area contributed by atoms with Crippen molar-refractivity contribution in [2.45, 2.75) is 39.3 Å². The molecule has 0 spiro atoms. The summed E-state index contributed by atoms with van der Waals surface area (Å²) in [6.07, 6.45) is 2.27. The van der Waals surface area contributed by atoms with Crippen molar-refractivity contribution in [1.82, 2.24) is 20.4 Å². The Bertz CT molecular complexity index is 621. The lowest BCUT2D eigenvalue weighted by atomic mass is 9.99. The van der Waals surface area contributed by atoms with Gasteiger partial charge in [0.1, 0.15) is 0 Å². The summed E-state index contributed by atoms with van der Waals surface area (Å²) in [5, 5.41) is 6.88. The molecule has 0 bridgehead atoms. The SMILES string of the molecule is CCNC(=NCC(C)N1CCc2ccccc2C1)NCCCN1CCOCC1.I. The van der Waals surface area contributed by atoms with Gasteiger partial charge >= 0.3 is 0 Å². The van der Waals surface area contributed by atoms with E-state index in [4.69, 9.17) is 9.73 Å². The van der Waals surface area contributed by atoms with Crippen molar-refractivity contribution in [3.05, 3.63) is 35.4 Å². The second-order valence-corrected chi connectivity index (χ2v) is 7.79. The fourth-order valence-corrected chi connectivity index (χ4v) is 3.91. The minimum Gasteiger partial charge on any atom is -0.379 e. The average Bonchev–Trinajstić information content (AvgIpc) is 2.75. The van der Waals surface area contributed by atoms with Gasteiger partial charge in [-0.1, -0.05) is 24.3 Å². The van der Waals surface area contributed by atoms with E-state index >= 15 is 0 Å². The average molecular weight is 515 g/mol. The third-order valence-electron chi connectivity index (χ3n) is 5.69. The van der Waals surface area contributed by atoms with Crippen LogP contribution in [0.3, 0.4) is 0 Å². The Morgan fingerprint density at radius 2 is 1.90 bits per heavy atom. The van der Waals surface area contributed by atoms with E-state index in [1.807, 2.05) is 0 Å². The van der Waals surface area contributed by atoms with Crippen LogP contribution >= 0.6 is 24.0 Å². The summed E-state index contributed by atoms with van der Waals surface area (Å²) in [5.74, 6) is 0.939. The molecule has 1 fully saturated rings. The zero-order valence-electron chi connectivity index (χ0n) is 18.0. The summed E-state index contributed by atoms with van der Waals surface area (Å²) in [6.45, 7) is 14.2. The molecule has 1 aromatic rings. The number of morpholine rings is 1. The lowest BCUT2D eigenvalue weighted by molar-refractivity contribution is 0.0376. The highest BCUT2D eigenvalue weighted by atomic mass is 127. The second-order valence-electron chi connectivity index (χ2n) is 7.79. The quantitative estimate of drug-likeness (QED) is 0.241. The van der Waals surface area contributed by atoms with E-state index in [0.29, 0.717) is 6.04 Å². The van der Waals surface area contributed by atoms with Crippen molar-refractivity contribution >= 4 is 29.9 Å². The lowest BCUT2D eigenvalue weighted by Gasteiger charge is -2.33. The molecule has 2 aliphatic rings. The molecule has 2 heterocycles. The number of fused-ring (bicyclic) bond motifs is 1. The Balaban J connectivity index is 0.00000300. The first-order valence-electron chi connectivity index (χ1n) is 10.9. The van der Waals surface area contributed by atoms with Crippen LogP contribution in [0.4, 0.5) is 0 Å². The van der Waals surface area contributed by atoms with Gasteiger partial charge in [0, 0.05) is 45.3 Å². The minimum absolute atomic E-state index is 0. The molecule has 0 radical (unpaired) electrons. The molecule has 6 nitrogen and oxygen atoms in total. The Hall–Kier alpha value is -0.900. The molecule has 1 unspecified atom stereocenters. The smallest absolute Gasteiger partial charge is 0.191 e. The Kier molecular flexibility index (Phi) is 11.3. The molecule has 0 aliphatic carbocycles. The van der Waals surface area contributed by atoms with Crippen LogP contribution in [0.1, 0.15) is 31.4 Å². The number of benzene rings is 1. The first kappa shape index (κ1) is 24.4. The molecular formula is C22H38IN5O. The standard InChI is InChI=1S/C22H37N5O.HI/c1-3-23-22(24-10-6-11-26-13-15-28-16-14-26)25-17-19(2)27-12-9-20-7-4-5-8-21(20)18-27;/h4-5,7-8,19H,3,6,9-18H2,1-2H3,(H2,23,24,25);1H. The predicted molar refractivity (Wildman–Crippen MR) is 131 cm³/mol. The van der Waals surface area contributed by atoms with Crippen LogP contribution in [0.2, 0.25) is 0 Å². The van der Waals surface area contributed by atoms with Crippen molar-refractivity contribution in [2.24, 2.45) is 4.99 Å². The van der Waals surface area contributed by atoms with Crippen LogP contribution in [-0.2, 0) is 17.7 Å². The van der Waals surface area contributed by atoms with E-state index in [2.05, 4.69) is 58.5 Å². The maximum Gasteiger partial charge on any atom is 0.191 e. The molecule has 0 amide bonds. The molecule has 1 atom stereocenters. The second kappa shape index (κ2) is 13.4. The molecule has 3 rings (SSSR count). The number of halogens is 1. The Labute approximate surface area is 193 Å². The Morgan fingerprint density at radius 3 is 2.66 bits per heavy atom. The van der Waals surface area contributed by atoms with Gasteiger partial charge in [-0.3, -0.25) is 14.8 Å². The fourth-order valence-electron chi connectivity index (χ4n) is 3.91. The van der Waals surface area contributed by atoms with Crippen LogP contribution in [0.5, 0.6) is 0 Å². The molecule has 0 aromatic heterocycles. The predicted octanol–water partition coefficient (Wildman–Crippen LogP) is 2.33. The summed E-state index contributed by atoms with van der Waals surface area (Å²) in [7, 11) is 0. The van der Waals surface area contributed by atoms with Gasteiger partial charge in [-0.2, -0.15) is 0 Å². The molecule has 2 N–H and O–H groups in total. The first-order chi connectivity index (χ1) is 13.8. The maximum absolute atomic E-state index is 5.41. The van der Waals surface area contributed by atoms with Gasteiger partial charge in [0.05, 0.1) is 19.8 Å². The third kappa shape index (κ3) is 8.03. The van der Waals surface area contributed by atoms with E-state index in [1.54, 1.807) is 0 Å². The number of aliphatic imine (C=N–C) groups is 1. The zero-order chi connectivity index (χ0) is 19.6. The van der Waals surface area contributed by atoms with Crippen LogP contribution in [-0.4, -0.2) is 80.8 Å². The zero-order valence-corrected chi connectivity index (χ0v) is 20.4. The first-order valence-corrected chi connectivity index (χ1v) is 10.9. The van der Waals surface area contributed by atoms with Crippen molar-refractivity contribution in [3.63, 3.8) is 0 Å². The molecule has 164 valence electrons. The molecule has 1 aromatic carbocycles. The van der Waals surface area contributed by atoms with Gasteiger partial charge in [-0.05, 0) is 44.4 Å². The van der Waals surface area contributed by atoms with Crippen LogP contribution in [0, 0.1) is 0 Å². The molecule has 2 aliphatic heterocycles. The highest BCUT2D eigenvalue weighted by Gasteiger charge is 2.20. The number of guanidine groups is 1. The number of ether oxygens (including phenoxy) is 1. The van der Waals surface area contributed by atoms with E-state index < -0.39 is 0 Å². The number of rotatable bonds is 8. The summed E-state index contributed by atoms with van der Waals surface area (Å²) in [5.41, 5.74) is 2.97. The van der Waals surface area contributed by atoms with E-state index in [1.165, 1.54) is 11.1 Å². The molecule has 29 heavy (non-hydrogen) atoms. The van der Waals surface area contributed by atoms with Gasteiger partial charge < -0.3 is 15.4 Å². The number of hydrogen-bond donors (Lipinski definition) is 2. The van der Waals surface area contributed by atoms with Crippen LogP contribution < -0.4 is 10.6 Å². The number of hydrogen-bond acceptors (Lipinski definition) is 4. The molecule has 1 saturated heterocycles. The van der Waals surface area contributed by atoms with Crippen molar-refractivity contribution in [3.8, 4) is 0 Å². The third-order valence-corrected chi connectivity index (χ3v) is 5.69. The van der Waals surface area contributed by atoms with Crippen molar-refractivity contribution in [1.29, 1.82) is 0 Å². The highest BCUT2D eigenvalue weighted by molar-refractivity contribution is 14.0. The summed E-state index contributed by atoms with van der Waals surface area (Å²) in [4.78, 5) is 9.88. The van der Waals surface area contributed by atoms with Gasteiger partial charge in [-0.15, -0.1) is 24.0 Å². The number of nitrogens with one attached hydrogen (secondary N) is 2. The van der Waals surface area contributed by atoms with Gasteiger partial charge in [-0.25, -0.2) is 0 Å². The maximum atomic E-state index is 5.41. The Morgan fingerprint density at radius 1 is 1.14 bits per heavy atom. The minimum atomic E-state index is 0. The monoisotopic (exact) mass is 515 g/mol. The molecular weight excluding hydrogens is 477 g/mol. The van der Waals surface area contributed by atoms with Gasteiger partial charge in [0.25, 0.3) is 0 Å². The van der Waals surface area contributed by atoms with E-state index in [-0.39, 0.29) is 24.0 Å². The van der Waals surface area contributed by atoms with Crippen LogP contribution in [0.25, 0.3) is 0 Å². The van der Waals surface area contributed by atoms with E-state index in [9.17, 15) is 0 Å². The summed E-state index contributed by atoms with van der Waals surface area (Å²) >= 11 is 0. The topological polar surface area (TPSA) is 52.1 Å². The highest BCUT2D eigenvalue weighted by Crippen LogP contribution is 2.20. The van der Waals surface area contributed by atoms with Gasteiger partial charge in [0.15, 0.2) is 5.96 Å². The molecule has 7 heteroatoms. The van der Waals surface area contributed by atoms with E-state index in [0.717, 1.165) is 84.4 Å². The van der Waals surface area contributed by atoms with Crippen molar-refractivity contribution in [2.75, 3.05) is 59.0 Å². The van der Waals surface area contributed by atoms with Gasteiger partial charge in [0.2, 0.25) is 0 Å².